The highest BCUT2D eigenvalue weighted by Crippen LogP contribution is 2.29. The zero-order chi connectivity index (χ0) is 11.7. The Morgan fingerprint density at radius 3 is 2.88 bits per heavy atom. The summed E-state index contributed by atoms with van der Waals surface area (Å²) in [5.41, 5.74) is 1.24. The van der Waals surface area contributed by atoms with Crippen LogP contribution in [0.15, 0.2) is 6.20 Å². The first-order valence-corrected chi connectivity index (χ1v) is 5.90. The minimum Gasteiger partial charge on any atom is -0.643 e. The van der Waals surface area contributed by atoms with Crippen LogP contribution in [0.25, 0.3) is 5.82 Å². The second-order valence-electron chi connectivity index (χ2n) is 3.30. The van der Waals surface area contributed by atoms with Crippen molar-refractivity contribution >= 4 is 28.0 Å². The van der Waals surface area contributed by atoms with Crippen LogP contribution in [-0.4, -0.2) is 31.4 Å². The van der Waals surface area contributed by atoms with Gasteiger partial charge in [0.1, 0.15) is 6.67 Å². The number of rotatable bonds is 3. The van der Waals surface area contributed by atoms with Gasteiger partial charge in [-0.05, 0) is 19.4 Å². The fourth-order valence-electron chi connectivity index (χ4n) is 1.36. The van der Waals surface area contributed by atoms with E-state index in [-0.39, 0.29) is 0 Å². The molecule has 0 aliphatic carbocycles. The summed E-state index contributed by atoms with van der Waals surface area (Å²) in [4.78, 5) is 4.30. The van der Waals surface area contributed by atoms with Crippen molar-refractivity contribution in [3.63, 3.8) is 0 Å². The van der Waals surface area contributed by atoms with Gasteiger partial charge in [0.25, 0.3) is 0 Å². The number of aromatic nitrogens is 3. The molecule has 2 heterocycles. The van der Waals surface area contributed by atoms with Gasteiger partial charge in [-0.3, -0.25) is 0 Å². The Morgan fingerprint density at radius 2 is 2.31 bits per heavy atom. The Hall–Kier alpha value is -0.898. The Kier molecular flexibility index (Phi) is 3.28. The normalized spacial score (nSPS) is 10.7. The lowest BCUT2D eigenvalue weighted by Crippen LogP contribution is -1.99. The molecule has 0 unspecified atom stereocenters. The van der Waals surface area contributed by atoms with E-state index in [0.29, 0.717) is 16.6 Å². The molecule has 0 aliphatic heterocycles. The van der Waals surface area contributed by atoms with Crippen molar-refractivity contribution in [2.24, 2.45) is 0 Å². The molecule has 0 aliphatic rings. The van der Waals surface area contributed by atoms with Crippen molar-refractivity contribution in [2.75, 3.05) is 0 Å². The van der Waals surface area contributed by atoms with E-state index in [4.69, 9.17) is 3.79 Å². The van der Waals surface area contributed by atoms with Crippen LogP contribution in [0.1, 0.15) is 16.3 Å². The minimum atomic E-state index is -0.570. The molecule has 2 aromatic heterocycles. The van der Waals surface area contributed by atoms with Gasteiger partial charge in [0.15, 0.2) is 5.06 Å². The highest BCUT2D eigenvalue weighted by atomic mass is 32.1. The van der Waals surface area contributed by atoms with E-state index in [1.807, 2.05) is 13.8 Å². The monoisotopic (exact) mass is 253 g/mol. The third-order valence-corrected chi connectivity index (χ3v) is 3.39. The van der Waals surface area contributed by atoms with E-state index < -0.39 is 6.67 Å². The van der Waals surface area contributed by atoms with E-state index in [2.05, 4.69) is 26.7 Å². The fourth-order valence-corrected chi connectivity index (χ4v) is 2.28. The summed E-state index contributed by atoms with van der Waals surface area (Å²) < 4.78 is 19.2. The number of thiazole rings is 1. The van der Waals surface area contributed by atoms with Gasteiger partial charge in [-0.2, -0.15) is 5.10 Å². The summed E-state index contributed by atoms with van der Waals surface area (Å²) in [5.74, 6) is 0.597. The molecule has 0 spiro atoms. The molecule has 0 fully saturated rings. The SMILES string of the molecule is Cc1nc(-n2cc(C)c(CF)n2)c([O][Al])s1. The molecule has 0 aromatic carbocycles. The van der Waals surface area contributed by atoms with Crippen molar-refractivity contribution in [2.45, 2.75) is 20.5 Å². The van der Waals surface area contributed by atoms with Crippen molar-refractivity contribution in [1.29, 1.82) is 0 Å². The lowest BCUT2D eigenvalue weighted by Gasteiger charge is -2.01. The van der Waals surface area contributed by atoms with Gasteiger partial charge in [0.05, 0.1) is 10.7 Å². The van der Waals surface area contributed by atoms with Crippen LogP contribution < -0.4 is 3.79 Å². The molecule has 16 heavy (non-hydrogen) atoms. The third kappa shape index (κ3) is 1.98. The molecule has 0 saturated heterocycles. The molecule has 82 valence electrons. The molecule has 0 atom stereocenters. The number of halogens is 1. The van der Waals surface area contributed by atoms with Gasteiger partial charge in [-0.1, -0.05) is 11.3 Å². The summed E-state index contributed by atoms with van der Waals surface area (Å²) in [5, 5.41) is 5.64. The maximum absolute atomic E-state index is 12.6. The lowest BCUT2D eigenvalue weighted by molar-refractivity contribution is 0.471. The summed E-state index contributed by atoms with van der Waals surface area (Å²) in [6.45, 7) is 3.13. The quantitative estimate of drug-likeness (QED) is 0.784. The first kappa shape index (κ1) is 11.6. The van der Waals surface area contributed by atoms with Crippen LogP contribution in [-0.2, 0) is 6.67 Å². The zero-order valence-corrected chi connectivity index (χ0v) is 10.9. The predicted octanol–water partition coefficient (Wildman–Crippen LogP) is 1.88. The van der Waals surface area contributed by atoms with Crippen molar-refractivity contribution in [3.05, 3.63) is 22.5 Å². The molecule has 0 N–H and O–H groups in total. The van der Waals surface area contributed by atoms with Crippen LogP contribution in [0.4, 0.5) is 4.39 Å². The maximum Gasteiger partial charge on any atom is 0.482 e. The minimum absolute atomic E-state index is 0.431. The van der Waals surface area contributed by atoms with Gasteiger partial charge in [-0.15, -0.1) is 0 Å². The number of hydrogen-bond acceptors (Lipinski definition) is 4. The van der Waals surface area contributed by atoms with Crippen molar-refractivity contribution in [3.8, 4) is 10.9 Å². The predicted molar refractivity (Wildman–Crippen MR) is 59.9 cm³/mol. The van der Waals surface area contributed by atoms with E-state index >= 15 is 0 Å². The lowest BCUT2D eigenvalue weighted by atomic mass is 10.3. The average Bonchev–Trinajstić information content (AvgIpc) is 2.81. The zero-order valence-electron chi connectivity index (χ0n) is 8.90. The topological polar surface area (TPSA) is 39.9 Å². The highest BCUT2D eigenvalue weighted by molar-refractivity contribution is 7.13. The molecule has 0 bridgehead atoms. The summed E-state index contributed by atoms with van der Waals surface area (Å²) in [6, 6.07) is 0. The molecule has 0 amide bonds. The van der Waals surface area contributed by atoms with Gasteiger partial charge < -0.3 is 3.79 Å². The molecular formula is C9H9AlFN3OS. The Balaban J connectivity index is 2.49. The Labute approximate surface area is 105 Å². The molecular weight excluding hydrogens is 244 g/mol. The van der Waals surface area contributed by atoms with Gasteiger partial charge >= 0.3 is 16.6 Å². The van der Waals surface area contributed by atoms with Crippen LogP contribution >= 0.6 is 11.3 Å². The first-order valence-electron chi connectivity index (χ1n) is 4.61. The molecule has 2 rings (SSSR count). The van der Waals surface area contributed by atoms with E-state index in [1.165, 1.54) is 11.3 Å². The molecule has 0 saturated carbocycles. The van der Waals surface area contributed by atoms with Gasteiger partial charge in [0.2, 0.25) is 5.82 Å². The van der Waals surface area contributed by atoms with Gasteiger partial charge in [-0.25, -0.2) is 14.1 Å². The number of alkyl halides is 1. The number of hydrogen-bond donors (Lipinski definition) is 0. The summed E-state index contributed by atoms with van der Waals surface area (Å²) >= 11 is 3.60. The first-order chi connectivity index (χ1) is 7.65. The van der Waals surface area contributed by atoms with Crippen molar-refractivity contribution < 1.29 is 8.18 Å². The van der Waals surface area contributed by atoms with Crippen LogP contribution in [0.3, 0.4) is 0 Å². The third-order valence-electron chi connectivity index (χ3n) is 2.14. The molecule has 4 nitrogen and oxygen atoms in total. The second-order valence-corrected chi connectivity index (χ2v) is 4.70. The Bertz CT molecular complexity index is 511. The molecule has 7 heteroatoms. The second kappa shape index (κ2) is 4.54. The van der Waals surface area contributed by atoms with Crippen LogP contribution in [0.2, 0.25) is 0 Å². The van der Waals surface area contributed by atoms with Crippen LogP contribution in [0, 0.1) is 13.8 Å². The Morgan fingerprint density at radius 1 is 1.56 bits per heavy atom. The van der Waals surface area contributed by atoms with E-state index in [0.717, 1.165) is 10.6 Å². The summed E-state index contributed by atoms with van der Waals surface area (Å²) in [7, 11) is 0. The van der Waals surface area contributed by atoms with Gasteiger partial charge in [0, 0.05) is 6.20 Å². The smallest absolute Gasteiger partial charge is 0.482 e. The summed E-state index contributed by atoms with van der Waals surface area (Å²) in [6.07, 6.45) is 1.75. The van der Waals surface area contributed by atoms with Crippen LogP contribution in [0.5, 0.6) is 5.06 Å². The number of nitrogens with zero attached hydrogens (tertiary/aromatic N) is 3. The average molecular weight is 253 g/mol. The van der Waals surface area contributed by atoms with E-state index in [9.17, 15) is 4.39 Å². The maximum atomic E-state index is 12.6. The molecule has 2 aromatic rings. The largest absolute Gasteiger partial charge is 0.643 e. The standard InChI is InChI=1S/C9H10FN3OS.Al/c1-5-4-13(12-7(5)3-10)8-9(14)15-6(2)11-8;/h4,14H,3H2,1-2H3;/q;+1/p-1. The van der Waals surface area contributed by atoms with E-state index in [1.54, 1.807) is 10.9 Å². The van der Waals surface area contributed by atoms with Crippen molar-refractivity contribution in [1.82, 2.24) is 14.8 Å². The highest BCUT2D eigenvalue weighted by Gasteiger charge is 2.13. The number of aryl methyl sites for hydroxylation is 2. The fraction of sp³-hybridized carbons (Fsp3) is 0.333. The molecule has 2 radical (unpaired) electrons.